The van der Waals surface area contributed by atoms with E-state index in [1.807, 2.05) is 6.92 Å². The maximum atomic E-state index is 13.9. The molecule has 4 nitrogen and oxygen atoms in total. The Morgan fingerprint density at radius 1 is 1.30 bits per heavy atom. The Morgan fingerprint density at radius 3 is 2.50 bits per heavy atom. The van der Waals surface area contributed by atoms with Crippen molar-refractivity contribution in [3.63, 3.8) is 0 Å². The number of aliphatic hydroxyl groups excluding tert-OH is 1. The summed E-state index contributed by atoms with van der Waals surface area (Å²) >= 11 is 0. The van der Waals surface area contributed by atoms with E-state index in [0.29, 0.717) is 5.56 Å². The van der Waals surface area contributed by atoms with Crippen LogP contribution in [0.2, 0.25) is 0 Å². The molecule has 1 aromatic carbocycles. The Bertz CT molecular complexity index is 580. The summed E-state index contributed by atoms with van der Waals surface area (Å²) < 4.78 is 41.1. The third-order valence-corrected chi connectivity index (χ3v) is 5.48. The van der Waals surface area contributed by atoms with E-state index in [0.717, 1.165) is 38.2 Å². The number of hydrogen-bond donors (Lipinski definition) is 2. The molecule has 0 radical (unpaired) electrons. The number of halogens is 1. The fourth-order valence-electron chi connectivity index (χ4n) is 2.67. The third-order valence-electron chi connectivity index (χ3n) is 3.81. The van der Waals surface area contributed by atoms with E-state index >= 15 is 0 Å². The number of hydrogen-bond acceptors (Lipinski definition) is 3. The van der Waals surface area contributed by atoms with Crippen LogP contribution in [0.15, 0.2) is 23.1 Å². The van der Waals surface area contributed by atoms with Gasteiger partial charge in [-0.3, -0.25) is 0 Å². The summed E-state index contributed by atoms with van der Waals surface area (Å²) in [5.41, 5.74) is -0.149. The molecule has 0 bridgehead atoms. The second-order valence-electron chi connectivity index (χ2n) is 5.65. The van der Waals surface area contributed by atoms with Crippen LogP contribution in [0.1, 0.15) is 44.6 Å². The number of nitrogens with one attached hydrogen (secondary N) is 1. The molecule has 1 aliphatic rings. The van der Waals surface area contributed by atoms with E-state index in [1.165, 1.54) is 12.1 Å². The first-order chi connectivity index (χ1) is 9.36. The molecule has 0 unspecified atom stereocenters. The summed E-state index contributed by atoms with van der Waals surface area (Å²) in [7, 11) is -3.88. The Balaban J connectivity index is 2.26. The average molecular weight is 301 g/mol. The van der Waals surface area contributed by atoms with Crippen molar-refractivity contribution in [3.05, 3.63) is 29.6 Å². The number of benzene rings is 1. The smallest absolute Gasteiger partial charge is 0.243 e. The van der Waals surface area contributed by atoms with Crippen LogP contribution in [0.5, 0.6) is 0 Å². The van der Waals surface area contributed by atoms with Crippen molar-refractivity contribution in [2.45, 2.75) is 56.1 Å². The van der Waals surface area contributed by atoms with Gasteiger partial charge in [0.2, 0.25) is 10.0 Å². The maximum absolute atomic E-state index is 13.9. The molecule has 1 aliphatic carbocycles. The monoisotopic (exact) mass is 301 g/mol. The molecule has 0 atom stereocenters. The number of aliphatic hydroxyl groups is 1. The standard InChI is InChI=1S/C14H20FNO3S/c1-14(7-3-2-4-8-14)16-20(18,19)13-6-5-11(10-17)9-12(13)15/h5-6,9,16-17H,2-4,7-8,10H2,1H3. The van der Waals surface area contributed by atoms with Crippen LogP contribution in [-0.4, -0.2) is 19.1 Å². The van der Waals surface area contributed by atoms with Crippen LogP contribution in [-0.2, 0) is 16.6 Å². The zero-order valence-electron chi connectivity index (χ0n) is 11.5. The van der Waals surface area contributed by atoms with Crippen molar-refractivity contribution < 1.29 is 17.9 Å². The number of rotatable bonds is 4. The van der Waals surface area contributed by atoms with Gasteiger partial charge in [0.15, 0.2) is 0 Å². The van der Waals surface area contributed by atoms with Crippen LogP contribution in [0.4, 0.5) is 4.39 Å². The molecule has 20 heavy (non-hydrogen) atoms. The fraction of sp³-hybridized carbons (Fsp3) is 0.571. The van der Waals surface area contributed by atoms with Crippen molar-refractivity contribution in [3.8, 4) is 0 Å². The Hall–Kier alpha value is -0.980. The van der Waals surface area contributed by atoms with Crippen molar-refractivity contribution in [1.82, 2.24) is 4.72 Å². The quantitative estimate of drug-likeness (QED) is 0.897. The molecule has 0 saturated heterocycles. The lowest BCUT2D eigenvalue weighted by Gasteiger charge is -2.34. The topological polar surface area (TPSA) is 66.4 Å². The van der Waals surface area contributed by atoms with Crippen molar-refractivity contribution in [1.29, 1.82) is 0 Å². The zero-order chi connectivity index (χ0) is 14.8. The molecule has 0 heterocycles. The average Bonchev–Trinajstić information content (AvgIpc) is 2.37. The molecular weight excluding hydrogens is 281 g/mol. The molecule has 112 valence electrons. The van der Waals surface area contributed by atoms with Gasteiger partial charge in [-0.1, -0.05) is 25.3 Å². The van der Waals surface area contributed by atoms with Gasteiger partial charge in [-0.15, -0.1) is 0 Å². The summed E-state index contributed by atoms with van der Waals surface area (Å²) in [6.45, 7) is 1.55. The highest BCUT2D eigenvalue weighted by molar-refractivity contribution is 7.89. The predicted molar refractivity (Wildman–Crippen MR) is 74.1 cm³/mol. The van der Waals surface area contributed by atoms with E-state index < -0.39 is 21.4 Å². The van der Waals surface area contributed by atoms with Gasteiger partial charge in [0.25, 0.3) is 0 Å². The predicted octanol–water partition coefficient (Wildman–Crippen LogP) is 2.32. The lowest BCUT2D eigenvalue weighted by Crippen LogP contribution is -2.47. The molecule has 0 aromatic heterocycles. The molecule has 2 N–H and O–H groups in total. The van der Waals surface area contributed by atoms with Gasteiger partial charge in [-0.2, -0.15) is 0 Å². The molecule has 0 amide bonds. The first-order valence-electron chi connectivity index (χ1n) is 6.80. The zero-order valence-corrected chi connectivity index (χ0v) is 12.3. The van der Waals surface area contributed by atoms with Gasteiger partial charge in [0.05, 0.1) is 6.61 Å². The summed E-state index contributed by atoms with van der Waals surface area (Å²) in [6.07, 6.45) is 4.60. The molecule has 2 rings (SSSR count). The summed E-state index contributed by atoms with van der Waals surface area (Å²) in [4.78, 5) is -0.360. The minimum absolute atomic E-state index is 0.317. The molecule has 1 saturated carbocycles. The minimum atomic E-state index is -3.88. The molecule has 6 heteroatoms. The van der Waals surface area contributed by atoms with Gasteiger partial charge in [-0.25, -0.2) is 17.5 Å². The number of sulfonamides is 1. The first kappa shape index (κ1) is 15.4. The minimum Gasteiger partial charge on any atom is -0.392 e. The van der Waals surface area contributed by atoms with Crippen molar-refractivity contribution >= 4 is 10.0 Å². The van der Waals surface area contributed by atoms with Crippen LogP contribution in [0.3, 0.4) is 0 Å². The lowest BCUT2D eigenvalue weighted by molar-refractivity contribution is 0.281. The van der Waals surface area contributed by atoms with Crippen LogP contribution in [0, 0.1) is 5.82 Å². The summed E-state index contributed by atoms with van der Waals surface area (Å²) in [5, 5.41) is 8.93. The van der Waals surface area contributed by atoms with Crippen molar-refractivity contribution in [2.75, 3.05) is 0 Å². The molecule has 1 fully saturated rings. The van der Waals surface area contributed by atoms with E-state index in [1.54, 1.807) is 0 Å². The van der Waals surface area contributed by atoms with E-state index in [2.05, 4.69) is 4.72 Å². The molecular formula is C14H20FNO3S. The maximum Gasteiger partial charge on any atom is 0.243 e. The van der Waals surface area contributed by atoms with Gasteiger partial charge >= 0.3 is 0 Å². The first-order valence-corrected chi connectivity index (χ1v) is 8.28. The highest BCUT2D eigenvalue weighted by Crippen LogP contribution is 2.29. The van der Waals surface area contributed by atoms with E-state index in [4.69, 9.17) is 5.11 Å². The van der Waals surface area contributed by atoms with Gasteiger partial charge in [0, 0.05) is 5.54 Å². The van der Waals surface area contributed by atoms with Gasteiger partial charge in [0.1, 0.15) is 10.7 Å². The Kier molecular flexibility index (Phi) is 4.46. The highest BCUT2D eigenvalue weighted by atomic mass is 32.2. The molecule has 0 aliphatic heterocycles. The summed E-state index contributed by atoms with van der Waals surface area (Å²) in [5.74, 6) is -0.830. The van der Waals surface area contributed by atoms with Crippen LogP contribution in [0.25, 0.3) is 0 Å². The second kappa shape index (κ2) is 5.79. The van der Waals surface area contributed by atoms with Gasteiger partial charge < -0.3 is 5.11 Å². The molecule has 0 spiro atoms. The van der Waals surface area contributed by atoms with Crippen LogP contribution < -0.4 is 4.72 Å². The Morgan fingerprint density at radius 2 is 1.95 bits per heavy atom. The third kappa shape index (κ3) is 3.37. The van der Waals surface area contributed by atoms with E-state index in [9.17, 15) is 12.8 Å². The molecule has 1 aromatic rings. The fourth-order valence-corrected chi connectivity index (χ4v) is 4.20. The normalized spacial score (nSPS) is 18.9. The van der Waals surface area contributed by atoms with Gasteiger partial charge in [-0.05, 0) is 37.5 Å². The lowest BCUT2D eigenvalue weighted by atomic mass is 9.84. The van der Waals surface area contributed by atoms with Crippen molar-refractivity contribution in [2.24, 2.45) is 0 Å². The second-order valence-corrected chi connectivity index (χ2v) is 7.30. The summed E-state index contributed by atoms with van der Waals surface area (Å²) in [6, 6.07) is 3.67. The van der Waals surface area contributed by atoms with E-state index in [-0.39, 0.29) is 11.5 Å². The highest BCUT2D eigenvalue weighted by Gasteiger charge is 2.33. The largest absolute Gasteiger partial charge is 0.392 e. The van der Waals surface area contributed by atoms with Crippen LogP contribution >= 0.6 is 0 Å². The Labute approximate surface area is 119 Å². The SMILES string of the molecule is CC1(NS(=O)(=O)c2ccc(CO)cc2F)CCCCC1.